The van der Waals surface area contributed by atoms with E-state index in [4.69, 9.17) is 17.0 Å². The highest BCUT2D eigenvalue weighted by atomic mass is 35.5. The lowest BCUT2D eigenvalue weighted by Gasteiger charge is -2.07. The average Bonchev–Trinajstić information content (AvgIpc) is 2.76. The average molecular weight is 295 g/mol. The summed E-state index contributed by atoms with van der Waals surface area (Å²) in [6.07, 6.45) is 4.64. The number of nitrogens with zero attached hydrogens (tertiary/aromatic N) is 2. The predicted octanol–water partition coefficient (Wildman–Crippen LogP) is 0.114. The largest absolute Gasteiger partial charge is 0.389 e. The number of fused-ring (bicyclic) bond motifs is 1. The Labute approximate surface area is 118 Å². The molecular formula is C11H15ClN6Si. The molecule has 0 saturated carbocycles. The summed E-state index contributed by atoms with van der Waals surface area (Å²) < 4.78 is 0. The first-order chi connectivity index (χ1) is 9.15. The number of hydrogen-bond acceptors (Lipinski definition) is 5. The maximum absolute atomic E-state index is 7.34. The molecule has 0 aromatic carbocycles. The normalized spacial score (nSPS) is 11.8. The molecule has 2 aromatic heterocycles. The van der Waals surface area contributed by atoms with E-state index < -0.39 is 0 Å². The summed E-state index contributed by atoms with van der Waals surface area (Å²) in [5.74, 6) is 0.462. The number of rotatable bonds is 5. The topological polar surface area (TPSA) is 89.5 Å². The number of allylic oxidation sites excluding steroid dienone is 1. The molecule has 0 aliphatic heterocycles. The molecule has 0 amide bonds. The number of halogens is 1. The van der Waals surface area contributed by atoms with Crippen molar-refractivity contribution < 1.29 is 0 Å². The minimum absolute atomic E-state index is 0.462. The zero-order chi connectivity index (χ0) is 13.8. The highest BCUT2D eigenvalue weighted by Crippen LogP contribution is 2.19. The summed E-state index contributed by atoms with van der Waals surface area (Å²) in [5, 5.41) is 15.8. The van der Waals surface area contributed by atoms with Gasteiger partial charge in [-0.25, -0.2) is 4.98 Å². The van der Waals surface area contributed by atoms with Crippen molar-refractivity contribution in [3.8, 4) is 0 Å². The number of anilines is 1. The van der Waals surface area contributed by atoms with Crippen molar-refractivity contribution in [3.63, 3.8) is 0 Å². The number of aromatic amines is 1. The molecule has 0 radical (unpaired) electrons. The van der Waals surface area contributed by atoms with Gasteiger partial charge < -0.3 is 21.0 Å². The van der Waals surface area contributed by atoms with Crippen LogP contribution in [0.1, 0.15) is 6.92 Å². The fourth-order valence-electron chi connectivity index (χ4n) is 1.68. The van der Waals surface area contributed by atoms with Crippen molar-refractivity contribution in [1.82, 2.24) is 20.3 Å². The van der Waals surface area contributed by atoms with Gasteiger partial charge in [0.15, 0.2) is 0 Å². The molecule has 2 heterocycles. The van der Waals surface area contributed by atoms with Crippen LogP contribution >= 0.6 is 11.6 Å². The van der Waals surface area contributed by atoms with Crippen molar-refractivity contribution >= 4 is 50.4 Å². The van der Waals surface area contributed by atoms with Gasteiger partial charge in [-0.05, 0) is 6.92 Å². The maximum atomic E-state index is 7.34. The molecule has 0 aliphatic rings. The Morgan fingerprint density at radius 2 is 2.37 bits per heavy atom. The van der Waals surface area contributed by atoms with Crippen molar-refractivity contribution in [1.29, 1.82) is 5.41 Å². The van der Waals surface area contributed by atoms with Gasteiger partial charge in [0.1, 0.15) is 5.65 Å². The van der Waals surface area contributed by atoms with Gasteiger partial charge in [0.05, 0.1) is 26.3 Å². The van der Waals surface area contributed by atoms with Gasteiger partial charge in [-0.3, -0.25) is 0 Å². The summed E-state index contributed by atoms with van der Waals surface area (Å²) in [6, 6.07) is 0. The van der Waals surface area contributed by atoms with Crippen LogP contribution in [0.25, 0.3) is 11.0 Å². The van der Waals surface area contributed by atoms with Crippen LogP contribution in [0.5, 0.6) is 0 Å². The first kappa shape index (κ1) is 13.6. The number of H-pyrrole nitrogens is 1. The summed E-state index contributed by atoms with van der Waals surface area (Å²) in [7, 11) is 0.767. The SMILES string of the molecule is CCN/C=C(\C=N)Nc1nc([SiH3])c2c(Cl)c[nH]c2n1. The molecule has 0 atom stereocenters. The summed E-state index contributed by atoms with van der Waals surface area (Å²) in [6.45, 7) is 2.77. The van der Waals surface area contributed by atoms with E-state index in [-0.39, 0.29) is 0 Å². The second-order valence-corrected chi connectivity index (χ2v) is 5.27. The van der Waals surface area contributed by atoms with E-state index in [2.05, 4.69) is 25.6 Å². The van der Waals surface area contributed by atoms with E-state index in [1.807, 2.05) is 6.92 Å². The van der Waals surface area contributed by atoms with E-state index >= 15 is 0 Å². The van der Waals surface area contributed by atoms with Gasteiger partial charge in [-0.2, -0.15) is 4.98 Å². The molecule has 2 rings (SSSR count). The lowest BCUT2D eigenvalue weighted by Crippen LogP contribution is -2.16. The number of aromatic nitrogens is 3. The molecule has 0 fully saturated rings. The van der Waals surface area contributed by atoms with Crippen LogP contribution in [0.3, 0.4) is 0 Å². The lowest BCUT2D eigenvalue weighted by molar-refractivity contribution is 0.913. The van der Waals surface area contributed by atoms with Crippen molar-refractivity contribution in [2.24, 2.45) is 0 Å². The van der Waals surface area contributed by atoms with Crippen LogP contribution < -0.4 is 16.0 Å². The molecule has 0 bridgehead atoms. The molecule has 0 saturated heterocycles. The molecule has 0 unspecified atom stereocenters. The lowest BCUT2D eigenvalue weighted by atomic mass is 10.4. The van der Waals surface area contributed by atoms with E-state index in [0.29, 0.717) is 22.3 Å². The van der Waals surface area contributed by atoms with Crippen molar-refractivity contribution in [2.45, 2.75) is 6.92 Å². The Hall–Kier alpha value is -1.86. The van der Waals surface area contributed by atoms with Crippen LogP contribution in [-0.4, -0.2) is 38.0 Å². The summed E-state index contributed by atoms with van der Waals surface area (Å²) in [4.78, 5) is 11.7. The molecule has 100 valence electrons. The second kappa shape index (κ2) is 5.85. The first-order valence-electron chi connectivity index (χ1n) is 5.88. The van der Waals surface area contributed by atoms with E-state index in [1.165, 1.54) is 6.21 Å². The maximum Gasteiger partial charge on any atom is 0.229 e. The number of nitrogens with one attached hydrogen (secondary N) is 4. The first-order valence-corrected chi connectivity index (χ1v) is 7.25. The Morgan fingerprint density at radius 1 is 1.58 bits per heavy atom. The molecule has 4 N–H and O–H groups in total. The molecule has 6 nitrogen and oxygen atoms in total. The van der Waals surface area contributed by atoms with Crippen LogP contribution in [-0.2, 0) is 0 Å². The fourth-order valence-corrected chi connectivity index (χ4v) is 2.84. The Morgan fingerprint density at radius 3 is 3.05 bits per heavy atom. The standard InChI is InChI=1S/C11H15ClN6Si/c1-2-14-4-6(3-13)16-11-17-9-8(10(19)18-11)7(12)5-15-9/h3-5,13-14H,2H2,1,19H3,(H2,15,16,17,18)/b6-4+,13-3?. The molecule has 19 heavy (non-hydrogen) atoms. The van der Waals surface area contributed by atoms with E-state index in [0.717, 1.165) is 27.5 Å². The zero-order valence-electron chi connectivity index (χ0n) is 10.7. The second-order valence-electron chi connectivity index (χ2n) is 3.92. The highest BCUT2D eigenvalue weighted by molar-refractivity contribution is 6.43. The predicted molar refractivity (Wildman–Crippen MR) is 82.6 cm³/mol. The van der Waals surface area contributed by atoms with Crippen molar-refractivity contribution in [3.05, 3.63) is 23.1 Å². The monoisotopic (exact) mass is 294 g/mol. The fraction of sp³-hybridized carbons (Fsp3) is 0.182. The Bertz CT molecular complexity index is 635. The van der Waals surface area contributed by atoms with Gasteiger partial charge in [-0.15, -0.1) is 0 Å². The summed E-state index contributed by atoms with van der Waals surface area (Å²) in [5.41, 5.74) is 1.31. The Balaban J connectivity index is 2.33. The zero-order valence-corrected chi connectivity index (χ0v) is 13.5. The van der Waals surface area contributed by atoms with E-state index in [9.17, 15) is 0 Å². The smallest absolute Gasteiger partial charge is 0.229 e. The molecule has 0 spiro atoms. The third-order valence-electron chi connectivity index (χ3n) is 2.54. The van der Waals surface area contributed by atoms with Crippen LogP contribution in [0.4, 0.5) is 5.95 Å². The van der Waals surface area contributed by atoms with Crippen LogP contribution in [0, 0.1) is 5.41 Å². The van der Waals surface area contributed by atoms with Gasteiger partial charge in [-0.1, -0.05) is 11.6 Å². The molecular weight excluding hydrogens is 280 g/mol. The van der Waals surface area contributed by atoms with E-state index in [1.54, 1.807) is 12.4 Å². The van der Waals surface area contributed by atoms with Crippen molar-refractivity contribution in [2.75, 3.05) is 11.9 Å². The molecule has 0 aliphatic carbocycles. The number of hydrogen-bond donors (Lipinski definition) is 4. The van der Waals surface area contributed by atoms with Crippen LogP contribution in [0.15, 0.2) is 18.1 Å². The quantitative estimate of drug-likeness (QED) is 0.466. The Kier molecular flexibility index (Phi) is 4.18. The van der Waals surface area contributed by atoms with Gasteiger partial charge >= 0.3 is 0 Å². The van der Waals surface area contributed by atoms with Gasteiger partial charge in [0, 0.05) is 30.5 Å². The molecule has 2 aromatic rings. The summed E-state index contributed by atoms with van der Waals surface area (Å²) >= 11 is 6.06. The minimum Gasteiger partial charge on any atom is -0.389 e. The highest BCUT2D eigenvalue weighted by Gasteiger charge is 2.09. The third kappa shape index (κ3) is 2.94. The minimum atomic E-state index is 0.462. The van der Waals surface area contributed by atoms with Gasteiger partial charge in [0.25, 0.3) is 0 Å². The van der Waals surface area contributed by atoms with Crippen LogP contribution in [0.2, 0.25) is 5.02 Å². The van der Waals surface area contributed by atoms with Gasteiger partial charge in [0.2, 0.25) is 5.95 Å². The molecule has 8 heteroatoms. The third-order valence-corrected chi connectivity index (χ3v) is 3.56.